The van der Waals surface area contributed by atoms with Crippen molar-refractivity contribution < 1.29 is 14.9 Å². The van der Waals surface area contributed by atoms with E-state index in [0.717, 1.165) is 0 Å². The molecule has 0 heterocycles. The van der Waals surface area contributed by atoms with Gasteiger partial charge >= 0.3 is 0 Å². The summed E-state index contributed by atoms with van der Waals surface area (Å²) in [6.45, 7) is 0.240. The summed E-state index contributed by atoms with van der Waals surface area (Å²) < 4.78 is 4.77. The molecule has 0 saturated heterocycles. The Hall–Kier alpha value is -1.06. The van der Waals surface area contributed by atoms with Crippen LogP contribution in [0.25, 0.3) is 0 Å². The van der Waals surface area contributed by atoms with Crippen LogP contribution in [0.15, 0.2) is 24.3 Å². The van der Waals surface area contributed by atoms with Crippen LogP contribution in [0.1, 0.15) is 11.7 Å². The third-order valence-corrected chi connectivity index (χ3v) is 1.58. The number of methoxy groups -OCH3 is 1. The zero-order chi connectivity index (χ0) is 8.97. The van der Waals surface area contributed by atoms with Crippen molar-refractivity contribution in [2.45, 2.75) is 6.10 Å². The van der Waals surface area contributed by atoms with Crippen molar-refractivity contribution in [1.82, 2.24) is 0 Å². The summed E-state index contributed by atoms with van der Waals surface area (Å²) in [6.07, 6.45) is -0.665. The molecule has 1 rings (SSSR count). The minimum Gasteiger partial charge on any atom is -0.508 e. The Morgan fingerprint density at radius 3 is 2.83 bits per heavy atom. The van der Waals surface area contributed by atoms with Gasteiger partial charge in [-0.3, -0.25) is 0 Å². The summed E-state index contributed by atoms with van der Waals surface area (Å²) in [6, 6.07) is 6.50. The maximum atomic E-state index is 9.41. The molecule has 3 heteroatoms. The Labute approximate surface area is 71.2 Å². The highest BCUT2D eigenvalue weighted by Gasteiger charge is 2.06. The van der Waals surface area contributed by atoms with Gasteiger partial charge in [0, 0.05) is 7.11 Å². The minimum atomic E-state index is -0.665. The number of aromatic hydroxyl groups is 1. The van der Waals surface area contributed by atoms with E-state index in [0.29, 0.717) is 5.56 Å². The number of hydrogen-bond donors (Lipinski definition) is 2. The highest BCUT2D eigenvalue weighted by Crippen LogP contribution is 2.17. The van der Waals surface area contributed by atoms with E-state index in [9.17, 15) is 5.11 Å². The standard InChI is InChI=1S/C9H12O3/c1-12-6-9(11)7-3-2-4-8(10)5-7/h2-5,9-11H,6H2,1H3. The maximum Gasteiger partial charge on any atom is 0.115 e. The zero-order valence-electron chi connectivity index (χ0n) is 6.90. The van der Waals surface area contributed by atoms with Gasteiger partial charge in [-0.2, -0.15) is 0 Å². The maximum absolute atomic E-state index is 9.41. The number of benzene rings is 1. The number of rotatable bonds is 3. The number of phenols is 1. The molecule has 12 heavy (non-hydrogen) atoms. The molecule has 1 aromatic carbocycles. The monoisotopic (exact) mass is 168 g/mol. The third-order valence-electron chi connectivity index (χ3n) is 1.58. The van der Waals surface area contributed by atoms with Crippen LogP contribution in [0.3, 0.4) is 0 Å². The van der Waals surface area contributed by atoms with Crippen LogP contribution in [-0.2, 0) is 4.74 Å². The second kappa shape index (κ2) is 4.09. The van der Waals surface area contributed by atoms with Crippen LogP contribution in [0.2, 0.25) is 0 Å². The lowest BCUT2D eigenvalue weighted by Gasteiger charge is -2.09. The Morgan fingerprint density at radius 1 is 1.50 bits per heavy atom. The van der Waals surface area contributed by atoms with Gasteiger partial charge in [0.1, 0.15) is 11.9 Å². The third kappa shape index (κ3) is 2.22. The Bertz CT molecular complexity index is 247. The predicted octanol–water partition coefficient (Wildman–Crippen LogP) is 1.07. The molecular weight excluding hydrogens is 156 g/mol. The van der Waals surface area contributed by atoms with E-state index in [4.69, 9.17) is 9.84 Å². The lowest BCUT2D eigenvalue weighted by molar-refractivity contribution is 0.0643. The van der Waals surface area contributed by atoms with Crippen molar-refractivity contribution in [3.05, 3.63) is 29.8 Å². The number of phenolic OH excluding ortho intramolecular Hbond substituents is 1. The molecular formula is C9H12O3. The fraction of sp³-hybridized carbons (Fsp3) is 0.333. The topological polar surface area (TPSA) is 49.7 Å². The number of aliphatic hydroxyl groups excluding tert-OH is 1. The van der Waals surface area contributed by atoms with E-state index >= 15 is 0 Å². The van der Waals surface area contributed by atoms with Gasteiger partial charge in [-0.25, -0.2) is 0 Å². The van der Waals surface area contributed by atoms with Gasteiger partial charge in [0.2, 0.25) is 0 Å². The van der Waals surface area contributed by atoms with Crippen molar-refractivity contribution in [1.29, 1.82) is 0 Å². The van der Waals surface area contributed by atoms with Gasteiger partial charge in [0.05, 0.1) is 6.61 Å². The van der Waals surface area contributed by atoms with Crippen LogP contribution in [-0.4, -0.2) is 23.9 Å². The smallest absolute Gasteiger partial charge is 0.115 e. The van der Waals surface area contributed by atoms with Gasteiger partial charge in [-0.15, -0.1) is 0 Å². The molecule has 1 atom stereocenters. The largest absolute Gasteiger partial charge is 0.508 e. The van der Waals surface area contributed by atoms with E-state index < -0.39 is 6.10 Å². The molecule has 0 aliphatic rings. The molecule has 3 nitrogen and oxygen atoms in total. The molecule has 0 fully saturated rings. The van der Waals surface area contributed by atoms with Crippen LogP contribution in [0.5, 0.6) is 5.75 Å². The van der Waals surface area contributed by atoms with Gasteiger partial charge in [0.25, 0.3) is 0 Å². The van der Waals surface area contributed by atoms with Gasteiger partial charge in [0.15, 0.2) is 0 Å². The van der Waals surface area contributed by atoms with E-state index in [1.807, 2.05) is 0 Å². The first-order valence-corrected chi connectivity index (χ1v) is 3.70. The minimum absolute atomic E-state index is 0.155. The fourth-order valence-corrected chi connectivity index (χ4v) is 0.986. The van der Waals surface area contributed by atoms with Gasteiger partial charge < -0.3 is 14.9 Å². The number of ether oxygens (including phenoxy) is 1. The summed E-state index contributed by atoms with van der Waals surface area (Å²) in [5.74, 6) is 0.155. The molecule has 66 valence electrons. The predicted molar refractivity (Wildman–Crippen MR) is 44.9 cm³/mol. The summed E-state index contributed by atoms with van der Waals surface area (Å²) in [5, 5.41) is 18.5. The van der Waals surface area contributed by atoms with E-state index in [-0.39, 0.29) is 12.4 Å². The van der Waals surface area contributed by atoms with Crippen LogP contribution < -0.4 is 0 Å². The summed E-state index contributed by atoms with van der Waals surface area (Å²) in [5.41, 5.74) is 0.664. The first-order chi connectivity index (χ1) is 5.74. The highest BCUT2D eigenvalue weighted by molar-refractivity contribution is 5.28. The molecule has 0 spiro atoms. The number of aliphatic hydroxyl groups is 1. The molecule has 0 amide bonds. The molecule has 0 saturated carbocycles. The normalized spacial score (nSPS) is 12.8. The Morgan fingerprint density at radius 2 is 2.25 bits per heavy atom. The lowest BCUT2D eigenvalue weighted by Crippen LogP contribution is -2.04. The average molecular weight is 168 g/mol. The van der Waals surface area contributed by atoms with Gasteiger partial charge in [-0.05, 0) is 17.7 Å². The summed E-state index contributed by atoms with van der Waals surface area (Å²) in [4.78, 5) is 0. The van der Waals surface area contributed by atoms with Crippen molar-refractivity contribution >= 4 is 0 Å². The average Bonchev–Trinajstić information content (AvgIpc) is 2.05. The van der Waals surface area contributed by atoms with Crippen LogP contribution in [0.4, 0.5) is 0 Å². The van der Waals surface area contributed by atoms with Crippen molar-refractivity contribution in [2.24, 2.45) is 0 Å². The Kier molecular flexibility index (Phi) is 3.08. The SMILES string of the molecule is COCC(O)c1cccc(O)c1. The van der Waals surface area contributed by atoms with E-state index in [1.54, 1.807) is 18.2 Å². The van der Waals surface area contributed by atoms with Crippen molar-refractivity contribution in [3.63, 3.8) is 0 Å². The summed E-state index contributed by atoms with van der Waals surface area (Å²) >= 11 is 0. The first kappa shape index (κ1) is 9.03. The molecule has 0 bridgehead atoms. The molecule has 0 aliphatic carbocycles. The molecule has 1 aromatic rings. The van der Waals surface area contributed by atoms with Crippen LogP contribution >= 0.6 is 0 Å². The molecule has 1 unspecified atom stereocenters. The molecule has 0 radical (unpaired) electrons. The highest BCUT2D eigenvalue weighted by atomic mass is 16.5. The first-order valence-electron chi connectivity index (χ1n) is 3.70. The lowest BCUT2D eigenvalue weighted by atomic mass is 10.1. The quantitative estimate of drug-likeness (QED) is 0.709. The van der Waals surface area contributed by atoms with Crippen LogP contribution in [0, 0.1) is 0 Å². The molecule has 0 aromatic heterocycles. The zero-order valence-corrected chi connectivity index (χ0v) is 6.90. The Balaban J connectivity index is 2.73. The van der Waals surface area contributed by atoms with E-state index in [2.05, 4.69) is 0 Å². The van der Waals surface area contributed by atoms with Gasteiger partial charge in [-0.1, -0.05) is 12.1 Å². The second-order valence-electron chi connectivity index (χ2n) is 2.57. The fourth-order valence-electron chi connectivity index (χ4n) is 0.986. The summed E-state index contributed by atoms with van der Waals surface area (Å²) in [7, 11) is 1.52. The number of hydrogen-bond acceptors (Lipinski definition) is 3. The van der Waals surface area contributed by atoms with Crippen molar-refractivity contribution in [3.8, 4) is 5.75 Å². The molecule has 0 aliphatic heterocycles. The molecule has 2 N–H and O–H groups in total. The second-order valence-corrected chi connectivity index (χ2v) is 2.57. The van der Waals surface area contributed by atoms with E-state index in [1.165, 1.54) is 13.2 Å². The van der Waals surface area contributed by atoms with Crippen molar-refractivity contribution in [2.75, 3.05) is 13.7 Å².